The molecule has 1 aliphatic heterocycles. The monoisotopic (exact) mass is 270 g/mol. The smallest absolute Gasteiger partial charge is 0.407 e. The molecule has 0 aromatic carbocycles. The molecule has 2 rings (SSSR count). The molecule has 0 saturated carbocycles. The van der Waals surface area contributed by atoms with E-state index in [1.165, 1.54) is 18.3 Å². The molecule has 8 nitrogen and oxygen atoms in total. The van der Waals surface area contributed by atoms with E-state index >= 15 is 0 Å². The number of rotatable bonds is 3. The highest BCUT2D eigenvalue weighted by molar-refractivity contribution is 5.66. The van der Waals surface area contributed by atoms with E-state index < -0.39 is 23.2 Å². The summed E-state index contributed by atoms with van der Waals surface area (Å²) in [5.41, 5.74) is -0.275. The number of hydrogen-bond acceptors (Lipinski definition) is 5. The highest BCUT2D eigenvalue weighted by atomic mass is 19.1. The molecule has 1 saturated heterocycles. The van der Waals surface area contributed by atoms with Gasteiger partial charge >= 0.3 is 11.8 Å². The van der Waals surface area contributed by atoms with Gasteiger partial charge in [0.05, 0.1) is 17.5 Å². The third-order valence-corrected chi connectivity index (χ3v) is 2.82. The van der Waals surface area contributed by atoms with Crippen molar-refractivity contribution in [1.29, 1.82) is 0 Å². The minimum Gasteiger partial charge on any atom is -0.465 e. The lowest BCUT2D eigenvalue weighted by atomic mass is 10.2. The number of pyridine rings is 1. The second-order valence-electron chi connectivity index (χ2n) is 4.08. The highest BCUT2D eigenvalue weighted by Gasteiger charge is 2.36. The summed E-state index contributed by atoms with van der Waals surface area (Å²) in [6.45, 7) is -0.335. The molecule has 2 N–H and O–H groups in total. The third-order valence-electron chi connectivity index (χ3n) is 2.82. The summed E-state index contributed by atoms with van der Waals surface area (Å²) in [4.78, 5) is 25.6. The van der Waals surface area contributed by atoms with Gasteiger partial charge in [-0.3, -0.25) is 10.1 Å². The van der Waals surface area contributed by atoms with Crippen molar-refractivity contribution in [3.8, 4) is 0 Å². The van der Waals surface area contributed by atoms with Gasteiger partial charge in [-0.05, 0) is 6.07 Å². The Labute approximate surface area is 107 Å². The highest BCUT2D eigenvalue weighted by Crippen LogP contribution is 2.24. The maximum atomic E-state index is 13.7. The summed E-state index contributed by atoms with van der Waals surface area (Å²) in [6.07, 6.45) is -1.31. The molecule has 0 radical (unpaired) electrons. The largest absolute Gasteiger partial charge is 0.465 e. The molecule has 1 aliphatic rings. The second-order valence-corrected chi connectivity index (χ2v) is 4.08. The minimum absolute atomic E-state index is 0.0626. The van der Waals surface area contributed by atoms with Crippen molar-refractivity contribution >= 4 is 17.6 Å². The van der Waals surface area contributed by atoms with Crippen LogP contribution in [0.15, 0.2) is 18.3 Å². The van der Waals surface area contributed by atoms with Crippen LogP contribution in [0.2, 0.25) is 0 Å². The predicted molar refractivity (Wildman–Crippen MR) is 62.8 cm³/mol. The van der Waals surface area contributed by atoms with Crippen LogP contribution >= 0.6 is 0 Å². The lowest BCUT2D eigenvalue weighted by Gasteiger charge is -2.14. The normalized spacial score (nSPS) is 22.3. The van der Waals surface area contributed by atoms with E-state index in [1.54, 1.807) is 0 Å². The Morgan fingerprint density at radius 2 is 2.37 bits per heavy atom. The van der Waals surface area contributed by atoms with Crippen molar-refractivity contribution in [2.24, 2.45) is 0 Å². The first-order valence-corrected chi connectivity index (χ1v) is 5.47. The summed E-state index contributed by atoms with van der Waals surface area (Å²) in [5, 5.41) is 22.1. The van der Waals surface area contributed by atoms with Crippen LogP contribution in [0.3, 0.4) is 0 Å². The molecule has 0 spiro atoms. The Morgan fingerprint density at radius 3 is 2.95 bits per heavy atom. The van der Waals surface area contributed by atoms with Crippen molar-refractivity contribution in [2.45, 2.75) is 12.2 Å². The number of aromatic nitrogens is 1. The summed E-state index contributed by atoms with van der Waals surface area (Å²) >= 11 is 0. The number of carbonyl (C=O) groups is 1. The molecule has 1 amide bonds. The number of carboxylic acid groups (broad SMARTS) is 1. The molecule has 9 heteroatoms. The Hall–Kier alpha value is -2.45. The van der Waals surface area contributed by atoms with Gasteiger partial charge in [0.2, 0.25) is 5.82 Å². The summed E-state index contributed by atoms with van der Waals surface area (Å²) in [5.74, 6) is -0.0626. The van der Waals surface area contributed by atoms with Crippen molar-refractivity contribution in [3.05, 3.63) is 28.4 Å². The first-order chi connectivity index (χ1) is 8.99. The molecule has 0 bridgehead atoms. The van der Waals surface area contributed by atoms with Gasteiger partial charge < -0.3 is 15.3 Å². The van der Waals surface area contributed by atoms with Crippen LogP contribution in [0.5, 0.6) is 0 Å². The summed E-state index contributed by atoms with van der Waals surface area (Å²) in [6, 6.07) is 1.80. The fourth-order valence-electron chi connectivity index (χ4n) is 1.89. The molecule has 1 aromatic rings. The van der Waals surface area contributed by atoms with E-state index in [0.717, 1.165) is 4.90 Å². The van der Waals surface area contributed by atoms with Crippen molar-refractivity contribution in [1.82, 2.24) is 9.88 Å². The lowest BCUT2D eigenvalue weighted by molar-refractivity contribution is -0.384. The Morgan fingerprint density at radius 1 is 1.63 bits per heavy atom. The van der Waals surface area contributed by atoms with E-state index in [0.29, 0.717) is 0 Å². The maximum absolute atomic E-state index is 13.7. The zero-order valence-corrected chi connectivity index (χ0v) is 9.69. The number of amides is 1. The Balaban J connectivity index is 2.14. The molecule has 0 unspecified atom stereocenters. The molecular weight excluding hydrogens is 259 g/mol. The average Bonchev–Trinajstić information content (AvgIpc) is 2.72. The average molecular weight is 270 g/mol. The van der Waals surface area contributed by atoms with Crippen LogP contribution in [0, 0.1) is 10.1 Å². The van der Waals surface area contributed by atoms with E-state index in [4.69, 9.17) is 5.11 Å². The maximum Gasteiger partial charge on any atom is 0.407 e. The van der Waals surface area contributed by atoms with Crippen molar-refractivity contribution in [2.75, 3.05) is 18.4 Å². The topological polar surface area (TPSA) is 109 Å². The number of nitrogens with zero attached hydrogens (tertiary/aromatic N) is 3. The van der Waals surface area contributed by atoms with Gasteiger partial charge in [-0.15, -0.1) is 0 Å². The molecule has 102 valence electrons. The van der Waals surface area contributed by atoms with Crippen LogP contribution in [-0.4, -0.2) is 51.3 Å². The molecule has 2 heterocycles. The number of halogens is 1. The van der Waals surface area contributed by atoms with E-state index in [2.05, 4.69) is 10.3 Å². The van der Waals surface area contributed by atoms with E-state index in [9.17, 15) is 19.3 Å². The number of alkyl halides is 1. The molecule has 2 atom stereocenters. The van der Waals surface area contributed by atoms with E-state index in [-0.39, 0.29) is 24.6 Å². The molecule has 19 heavy (non-hydrogen) atoms. The van der Waals surface area contributed by atoms with Gasteiger partial charge in [0.1, 0.15) is 6.17 Å². The zero-order valence-electron chi connectivity index (χ0n) is 9.69. The van der Waals surface area contributed by atoms with Crippen LogP contribution in [0.4, 0.5) is 20.7 Å². The van der Waals surface area contributed by atoms with Crippen LogP contribution in [-0.2, 0) is 0 Å². The SMILES string of the molecule is O=C(O)N1C[C@@H](F)[C@H](Nc2ncccc2[N+](=O)[O-])C1. The van der Waals surface area contributed by atoms with Crippen molar-refractivity contribution < 1.29 is 19.2 Å². The fourth-order valence-corrected chi connectivity index (χ4v) is 1.89. The number of nitrogens with one attached hydrogen (secondary N) is 1. The van der Waals surface area contributed by atoms with Crippen LogP contribution in [0.25, 0.3) is 0 Å². The standard InChI is InChI=1S/C10H11FN4O4/c11-6-4-14(10(16)17)5-7(6)13-9-8(15(18)19)2-1-3-12-9/h1-3,6-7H,4-5H2,(H,12,13)(H,16,17)/t6-,7-/m1/s1. The van der Waals surface area contributed by atoms with Gasteiger partial charge in [-0.2, -0.15) is 0 Å². The molecular formula is C10H11FN4O4. The van der Waals surface area contributed by atoms with Crippen LogP contribution in [0.1, 0.15) is 0 Å². The fraction of sp³-hybridized carbons (Fsp3) is 0.400. The first-order valence-electron chi connectivity index (χ1n) is 5.47. The number of likely N-dealkylation sites (tertiary alicyclic amines) is 1. The minimum atomic E-state index is -1.43. The van der Waals surface area contributed by atoms with E-state index in [1.807, 2.05) is 0 Å². The number of hydrogen-bond donors (Lipinski definition) is 2. The van der Waals surface area contributed by atoms with Crippen LogP contribution < -0.4 is 5.32 Å². The lowest BCUT2D eigenvalue weighted by Crippen LogP contribution is -2.31. The summed E-state index contributed by atoms with van der Waals surface area (Å²) < 4.78 is 13.7. The molecule has 1 aromatic heterocycles. The number of anilines is 1. The Kier molecular flexibility index (Phi) is 3.45. The quantitative estimate of drug-likeness (QED) is 0.629. The van der Waals surface area contributed by atoms with Gasteiger partial charge in [0.25, 0.3) is 0 Å². The Bertz CT molecular complexity index is 512. The van der Waals surface area contributed by atoms with Gasteiger partial charge in [0, 0.05) is 18.8 Å². The van der Waals surface area contributed by atoms with Gasteiger partial charge in [-0.1, -0.05) is 0 Å². The number of nitro groups is 1. The predicted octanol–water partition coefficient (Wildman–Crippen LogP) is 1.10. The molecule has 1 fully saturated rings. The second kappa shape index (κ2) is 5.04. The summed E-state index contributed by atoms with van der Waals surface area (Å²) in [7, 11) is 0. The molecule has 0 aliphatic carbocycles. The van der Waals surface area contributed by atoms with Gasteiger partial charge in [0.15, 0.2) is 0 Å². The van der Waals surface area contributed by atoms with Crippen molar-refractivity contribution in [3.63, 3.8) is 0 Å². The first kappa shape index (κ1) is 13.0. The zero-order chi connectivity index (χ0) is 14.0. The third kappa shape index (κ3) is 2.69. The van der Waals surface area contributed by atoms with Gasteiger partial charge in [-0.25, -0.2) is 14.2 Å².